The Kier molecular flexibility index (Phi) is 6.50. The van der Waals surface area contributed by atoms with E-state index in [1.807, 2.05) is 0 Å². The topological polar surface area (TPSA) is 69.7 Å². The molecule has 4 saturated carbocycles. The summed E-state index contributed by atoms with van der Waals surface area (Å²) in [5, 5.41) is 0. The number of rotatable bonds is 5. The third-order valence-electron chi connectivity index (χ3n) is 10.6. The van der Waals surface area contributed by atoms with Crippen molar-refractivity contribution >= 4 is 17.7 Å². The molecule has 0 aromatic heterocycles. The summed E-state index contributed by atoms with van der Waals surface area (Å²) in [5.74, 6) is 3.00. The van der Waals surface area contributed by atoms with E-state index < -0.39 is 0 Å². The molecule has 0 heterocycles. The van der Waals surface area contributed by atoms with Gasteiger partial charge in [0.1, 0.15) is 11.9 Å². The molecule has 0 aromatic rings. The average Bonchev–Trinajstić information content (AvgIpc) is 3.11. The second kappa shape index (κ2) is 8.76. The maximum Gasteiger partial charge on any atom is 0.305 e. The van der Waals surface area contributed by atoms with E-state index in [0.29, 0.717) is 54.1 Å². The molecule has 0 aliphatic heterocycles. The lowest BCUT2D eigenvalue weighted by molar-refractivity contribution is -0.167. The van der Waals surface area contributed by atoms with E-state index in [-0.39, 0.29) is 28.9 Å². The van der Waals surface area contributed by atoms with Gasteiger partial charge in [-0.15, -0.1) is 0 Å². The number of hydrogen-bond donors (Lipinski definition) is 0. The molecule has 0 spiro atoms. The van der Waals surface area contributed by atoms with Gasteiger partial charge in [-0.2, -0.15) is 0 Å². The zero-order valence-corrected chi connectivity index (χ0v) is 20.7. The molecule has 0 unspecified atom stereocenters. The molecule has 0 bridgehead atoms. The molecule has 9 atom stereocenters. The molecule has 0 aromatic carbocycles. The van der Waals surface area contributed by atoms with Crippen molar-refractivity contribution < 1.29 is 23.9 Å². The van der Waals surface area contributed by atoms with Crippen molar-refractivity contribution in [3.8, 4) is 0 Å². The fourth-order valence-electron chi connectivity index (χ4n) is 8.86. The Morgan fingerprint density at radius 2 is 1.84 bits per heavy atom. The minimum absolute atomic E-state index is 0.0539. The van der Waals surface area contributed by atoms with Gasteiger partial charge in [0.05, 0.1) is 7.11 Å². The van der Waals surface area contributed by atoms with Crippen LogP contribution in [0.15, 0.2) is 0 Å². The molecule has 0 radical (unpaired) electrons. The molecule has 4 aliphatic rings. The highest BCUT2D eigenvalue weighted by Crippen LogP contribution is 2.67. The van der Waals surface area contributed by atoms with Crippen LogP contribution in [-0.4, -0.2) is 30.9 Å². The number of esters is 2. The molecule has 0 N–H and O–H groups in total. The van der Waals surface area contributed by atoms with E-state index in [2.05, 4.69) is 20.8 Å². The SMILES string of the molecule is COC(=O)CC[C@H](C)[C@@H]1CC[C@@H]2[C@@H]3CC[C@@H]4C[C@H](OC(C)=O)CC[C@]4(C)[C@H]3CC(=O)[C@@]21C. The van der Waals surface area contributed by atoms with E-state index in [1.165, 1.54) is 26.9 Å². The Morgan fingerprint density at radius 1 is 1.09 bits per heavy atom. The van der Waals surface area contributed by atoms with Crippen LogP contribution < -0.4 is 0 Å². The van der Waals surface area contributed by atoms with Crippen molar-refractivity contribution in [1.82, 2.24) is 0 Å². The number of ketones is 1. The van der Waals surface area contributed by atoms with Gasteiger partial charge in [-0.25, -0.2) is 0 Å². The smallest absolute Gasteiger partial charge is 0.305 e. The molecule has 5 nitrogen and oxygen atoms in total. The van der Waals surface area contributed by atoms with Gasteiger partial charge in [0.2, 0.25) is 0 Å². The van der Waals surface area contributed by atoms with Gasteiger partial charge in [0.25, 0.3) is 0 Å². The Labute approximate surface area is 193 Å². The lowest BCUT2D eigenvalue weighted by Crippen LogP contribution is -2.57. The first-order valence-electron chi connectivity index (χ1n) is 12.9. The molecule has 5 heteroatoms. The average molecular weight is 447 g/mol. The maximum atomic E-state index is 13.8. The van der Waals surface area contributed by atoms with E-state index in [0.717, 1.165) is 38.5 Å². The Morgan fingerprint density at radius 3 is 2.53 bits per heavy atom. The zero-order chi connectivity index (χ0) is 23.3. The van der Waals surface area contributed by atoms with Gasteiger partial charge >= 0.3 is 11.9 Å². The maximum absolute atomic E-state index is 13.8. The van der Waals surface area contributed by atoms with Crippen LogP contribution in [0.3, 0.4) is 0 Å². The first-order chi connectivity index (χ1) is 15.1. The summed E-state index contributed by atoms with van der Waals surface area (Å²) in [6.45, 7) is 8.43. The predicted octanol–water partition coefficient (Wildman–Crippen LogP) is 5.35. The van der Waals surface area contributed by atoms with Crippen LogP contribution in [-0.2, 0) is 23.9 Å². The van der Waals surface area contributed by atoms with Crippen LogP contribution in [0.25, 0.3) is 0 Å². The lowest BCUT2D eigenvalue weighted by atomic mass is 9.44. The molecule has 4 rings (SSSR count). The summed E-state index contributed by atoms with van der Waals surface area (Å²) in [6.07, 6.45) is 9.61. The third-order valence-corrected chi connectivity index (χ3v) is 10.6. The first-order valence-corrected chi connectivity index (χ1v) is 12.9. The first kappa shape index (κ1) is 23.8. The van der Waals surface area contributed by atoms with Gasteiger partial charge in [-0.1, -0.05) is 20.8 Å². The van der Waals surface area contributed by atoms with E-state index in [1.54, 1.807) is 0 Å². The summed E-state index contributed by atoms with van der Waals surface area (Å²) in [5.41, 5.74) is -0.0556. The van der Waals surface area contributed by atoms with Crippen LogP contribution in [0.5, 0.6) is 0 Å². The minimum atomic E-state index is -0.241. The molecular formula is C27H42O5. The fourth-order valence-corrected chi connectivity index (χ4v) is 8.86. The Hall–Kier alpha value is -1.39. The highest BCUT2D eigenvalue weighted by molar-refractivity contribution is 5.87. The van der Waals surface area contributed by atoms with Gasteiger partial charge in [0.15, 0.2) is 0 Å². The van der Waals surface area contributed by atoms with Gasteiger partial charge in [0, 0.05) is 25.2 Å². The highest BCUT2D eigenvalue weighted by atomic mass is 16.5. The highest BCUT2D eigenvalue weighted by Gasteiger charge is 2.64. The van der Waals surface area contributed by atoms with E-state index in [9.17, 15) is 14.4 Å². The number of methoxy groups -OCH3 is 1. The number of fused-ring (bicyclic) bond motifs is 5. The quantitative estimate of drug-likeness (QED) is 0.533. The normalized spacial score (nSPS) is 44.1. The minimum Gasteiger partial charge on any atom is -0.469 e. The van der Waals surface area contributed by atoms with Crippen molar-refractivity contribution in [2.24, 2.45) is 46.3 Å². The lowest BCUT2D eigenvalue weighted by Gasteiger charge is -2.60. The van der Waals surface area contributed by atoms with Crippen LogP contribution in [0.2, 0.25) is 0 Å². The van der Waals surface area contributed by atoms with Crippen LogP contribution in [0, 0.1) is 46.3 Å². The summed E-state index contributed by atoms with van der Waals surface area (Å²) < 4.78 is 10.4. The Bertz CT molecular complexity index is 761. The molecule has 180 valence electrons. The molecule has 0 saturated heterocycles. The number of carbonyl (C=O) groups excluding carboxylic acids is 3. The van der Waals surface area contributed by atoms with Crippen molar-refractivity contribution in [2.75, 3.05) is 7.11 Å². The van der Waals surface area contributed by atoms with Crippen LogP contribution in [0.1, 0.15) is 91.9 Å². The van der Waals surface area contributed by atoms with Gasteiger partial charge < -0.3 is 9.47 Å². The number of carbonyl (C=O) groups is 3. The van der Waals surface area contributed by atoms with Crippen LogP contribution in [0.4, 0.5) is 0 Å². The Balaban J connectivity index is 1.50. The van der Waals surface area contributed by atoms with Crippen LogP contribution >= 0.6 is 0 Å². The number of ether oxygens (including phenoxy) is 2. The second-order valence-electron chi connectivity index (χ2n) is 11.8. The second-order valence-corrected chi connectivity index (χ2v) is 11.8. The monoisotopic (exact) mass is 446 g/mol. The molecular weight excluding hydrogens is 404 g/mol. The summed E-state index contributed by atoms with van der Waals surface area (Å²) in [7, 11) is 1.45. The zero-order valence-electron chi connectivity index (χ0n) is 20.7. The molecule has 32 heavy (non-hydrogen) atoms. The third kappa shape index (κ3) is 3.81. The fraction of sp³-hybridized carbons (Fsp3) is 0.889. The van der Waals surface area contributed by atoms with Crippen molar-refractivity contribution in [2.45, 2.75) is 98.0 Å². The van der Waals surface area contributed by atoms with E-state index >= 15 is 0 Å². The number of hydrogen-bond acceptors (Lipinski definition) is 5. The molecule has 4 fully saturated rings. The summed E-state index contributed by atoms with van der Waals surface area (Å²) in [6, 6.07) is 0. The predicted molar refractivity (Wildman–Crippen MR) is 122 cm³/mol. The standard InChI is InChI=1S/C27H42O5/c1-16(6-11-25(30)31-5)21-9-10-22-20-8-7-18-14-19(32-17(2)28)12-13-26(18,3)23(20)15-24(29)27(21,22)4/h16,18-23H,6-15H2,1-5H3/t16-,18+,19+,20-,21-,22+,23-,26-,27+/m0/s1. The van der Waals surface area contributed by atoms with Crippen molar-refractivity contribution in [3.63, 3.8) is 0 Å². The van der Waals surface area contributed by atoms with Gasteiger partial charge in [-0.3, -0.25) is 14.4 Å². The largest absolute Gasteiger partial charge is 0.469 e. The summed E-state index contributed by atoms with van der Waals surface area (Å²) >= 11 is 0. The van der Waals surface area contributed by atoms with E-state index in [4.69, 9.17) is 9.47 Å². The molecule has 0 amide bonds. The van der Waals surface area contributed by atoms with Crippen molar-refractivity contribution in [3.05, 3.63) is 0 Å². The summed E-state index contributed by atoms with van der Waals surface area (Å²) in [4.78, 5) is 37.0. The van der Waals surface area contributed by atoms with Crippen molar-refractivity contribution in [1.29, 1.82) is 0 Å². The van der Waals surface area contributed by atoms with Gasteiger partial charge in [-0.05, 0) is 92.3 Å². The number of Topliss-reactive ketones (excluding diaryl/α,β-unsaturated/α-hetero) is 1. The molecule has 4 aliphatic carbocycles.